The minimum Gasteiger partial charge on any atom is -0.340 e. The van der Waals surface area contributed by atoms with E-state index in [1.807, 2.05) is 0 Å². The van der Waals surface area contributed by atoms with Gasteiger partial charge in [0, 0.05) is 19.0 Å². The Morgan fingerprint density at radius 1 is 1.44 bits per heavy atom. The molecule has 0 aromatic rings. The van der Waals surface area contributed by atoms with Gasteiger partial charge >= 0.3 is 0 Å². The summed E-state index contributed by atoms with van der Waals surface area (Å²) < 4.78 is 0. The molecule has 1 heterocycles. The highest BCUT2D eigenvalue weighted by Gasteiger charge is 2.25. The van der Waals surface area contributed by atoms with E-state index in [2.05, 4.69) is 18.7 Å². The Hall–Kier alpha value is -0.280. The number of nitrogens with two attached hydrogens (primary N) is 1. The van der Waals surface area contributed by atoms with Gasteiger partial charge in [-0.3, -0.25) is 4.79 Å². The zero-order valence-electron chi connectivity index (χ0n) is 10.4. The molecule has 1 fully saturated rings. The van der Waals surface area contributed by atoms with Crippen LogP contribution in [0, 0.1) is 5.92 Å². The minimum atomic E-state index is 0. The maximum absolute atomic E-state index is 12.0. The molecular weight excluding hydrogens is 224 g/mol. The summed E-state index contributed by atoms with van der Waals surface area (Å²) in [5, 5.41) is 0. The van der Waals surface area contributed by atoms with Crippen LogP contribution >= 0.6 is 12.4 Å². The second kappa shape index (κ2) is 7.91. The highest BCUT2D eigenvalue weighted by molar-refractivity contribution is 5.85. The normalized spacial score (nSPS) is 20.8. The third-order valence-corrected chi connectivity index (χ3v) is 3.03. The molecule has 1 unspecified atom stereocenters. The Morgan fingerprint density at radius 3 is 2.69 bits per heavy atom. The van der Waals surface area contributed by atoms with Gasteiger partial charge in [0.25, 0.3) is 0 Å². The van der Waals surface area contributed by atoms with Gasteiger partial charge in [0.05, 0.1) is 0 Å². The van der Waals surface area contributed by atoms with Crippen LogP contribution in [0.4, 0.5) is 0 Å². The number of likely N-dealkylation sites (tertiary alicyclic amines) is 1. The molecule has 0 saturated carbocycles. The molecule has 0 spiro atoms. The molecule has 0 aromatic carbocycles. The molecule has 4 heteroatoms. The molecule has 1 saturated heterocycles. The summed E-state index contributed by atoms with van der Waals surface area (Å²) in [6, 6.07) is 0.412. The summed E-state index contributed by atoms with van der Waals surface area (Å²) in [6.07, 6.45) is 5.19. The highest BCUT2D eigenvalue weighted by Crippen LogP contribution is 2.21. The lowest BCUT2D eigenvalue weighted by Crippen LogP contribution is -2.44. The van der Waals surface area contributed by atoms with E-state index in [1.54, 1.807) is 0 Å². The first-order valence-corrected chi connectivity index (χ1v) is 6.14. The minimum absolute atomic E-state index is 0. The Morgan fingerprint density at radius 2 is 2.12 bits per heavy atom. The molecule has 0 radical (unpaired) electrons. The van der Waals surface area contributed by atoms with E-state index >= 15 is 0 Å². The number of nitrogens with zero attached hydrogens (tertiary/aromatic N) is 1. The van der Waals surface area contributed by atoms with Crippen LogP contribution in [0.25, 0.3) is 0 Å². The van der Waals surface area contributed by atoms with Crippen LogP contribution in [0.2, 0.25) is 0 Å². The zero-order chi connectivity index (χ0) is 11.3. The second-order valence-electron chi connectivity index (χ2n) is 4.91. The van der Waals surface area contributed by atoms with Crippen molar-refractivity contribution in [2.75, 3.05) is 13.1 Å². The maximum Gasteiger partial charge on any atom is 0.223 e. The Bertz CT molecular complexity index is 207. The lowest BCUT2D eigenvalue weighted by Gasteiger charge is -2.36. The average Bonchev–Trinajstić information content (AvgIpc) is 2.18. The fraction of sp³-hybridized carbons (Fsp3) is 0.917. The van der Waals surface area contributed by atoms with Crippen molar-refractivity contribution in [3.63, 3.8) is 0 Å². The van der Waals surface area contributed by atoms with Crippen LogP contribution in [0.15, 0.2) is 0 Å². The van der Waals surface area contributed by atoms with Crippen molar-refractivity contribution in [2.45, 2.75) is 52.0 Å². The molecule has 3 nitrogen and oxygen atoms in total. The molecule has 1 aliphatic rings. The summed E-state index contributed by atoms with van der Waals surface area (Å²) in [5.74, 6) is 0.779. The van der Waals surface area contributed by atoms with Crippen molar-refractivity contribution in [3.05, 3.63) is 0 Å². The smallest absolute Gasteiger partial charge is 0.223 e. The van der Waals surface area contributed by atoms with Crippen molar-refractivity contribution in [2.24, 2.45) is 11.7 Å². The molecule has 16 heavy (non-hydrogen) atoms. The van der Waals surface area contributed by atoms with Crippen LogP contribution in [0.3, 0.4) is 0 Å². The molecule has 2 N–H and O–H groups in total. The van der Waals surface area contributed by atoms with Gasteiger partial charge in [-0.05, 0) is 38.1 Å². The van der Waals surface area contributed by atoms with Crippen LogP contribution in [0.5, 0.6) is 0 Å². The average molecular weight is 249 g/mol. The standard InChI is InChI=1S/C12H24N2O.ClH/c1-10(2)9-12(15)14-8-4-3-5-11(14)6-7-13;/h10-11H,3-9,13H2,1-2H3;1H. The van der Waals surface area contributed by atoms with E-state index in [1.165, 1.54) is 6.42 Å². The fourth-order valence-corrected chi connectivity index (χ4v) is 2.29. The van der Waals surface area contributed by atoms with Crippen molar-refractivity contribution in [1.82, 2.24) is 4.90 Å². The lowest BCUT2D eigenvalue weighted by atomic mass is 9.98. The van der Waals surface area contributed by atoms with Crippen LogP contribution in [0.1, 0.15) is 46.0 Å². The number of amides is 1. The SMILES string of the molecule is CC(C)CC(=O)N1CCCCC1CCN.Cl. The molecule has 1 rings (SSSR count). The monoisotopic (exact) mass is 248 g/mol. The van der Waals surface area contributed by atoms with Crippen molar-refractivity contribution in [3.8, 4) is 0 Å². The molecule has 1 atom stereocenters. The highest BCUT2D eigenvalue weighted by atomic mass is 35.5. The summed E-state index contributed by atoms with van der Waals surface area (Å²) >= 11 is 0. The number of carbonyl (C=O) groups excluding carboxylic acids is 1. The molecule has 0 bridgehead atoms. The van der Waals surface area contributed by atoms with E-state index in [0.717, 1.165) is 25.8 Å². The quantitative estimate of drug-likeness (QED) is 0.829. The first-order valence-electron chi connectivity index (χ1n) is 6.14. The number of halogens is 1. The van der Waals surface area contributed by atoms with E-state index in [4.69, 9.17) is 5.73 Å². The van der Waals surface area contributed by atoms with Crippen molar-refractivity contribution < 1.29 is 4.79 Å². The third-order valence-electron chi connectivity index (χ3n) is 3.03. The predicted molar refractivity (Wildman–Crippen MR) is 69.7 cm³/mol. The van der Waals surface area contributed by atoms with E-state index in [0.29, 0.717) is 30.8 Å². The van der Waals surface area contributed by atoms with Gasteiger partial charge in [-0.25, -0.2) is 0 Å². The van der Waals surface area contributed by atoms with Crippen molar-refractivity contribution in [1.29, 1.82) is 0 Å². The van der Waals surface area contributed by atoms with Gasteiger partial charge in [0.15, 0.2) is 0 Å². The van der Waals surface area contributed by atoms with Crippen LogP contribution < -0.4 is 5.73 Å². The molecule has 0 aliphatic carbocycles. The zero-order valence-corrected chi connectivity index (χ0v) is 11.3. The topological polar surface area (TPSA) is 46.3 Å². The largest absolute Gasteiger partial charge is 0.340 e. The Balaban J connectivity index is 0.00000225. The molecule has 1 amide bonds. The number of carbonyl (C=O) groups is 1. The van der Waals surface area contributed by atoms with E-state index < -0.39 is 0 Å². The predicted octanol–water partition coefficient (Wildman–Crippen LogP) is 2.18. The first-order chi connectivity index (χ1) is 7.15. The number of hydrogen-bond acceptors (Lipinski definition) is 2. The Labute approximate surface area is 105 Å². The summed E-state index contributed by atoms with van der Waals surface area (Å²) in [4.78, 5) is 14.0. The molecular formula is C12H25ClN2O. The van der Waals surface area contributed by atoms with Crippen molar-refractivity contribution >= 4 is 18.3 Å². The van der Waals surface area contributed by atoms with Crippen LogP contribution in [-0.4, -0.2) is 29.9 Å². The molecule has 0 aromatic heterocycles. The van der Waals surface area contributed by atoms with Gasteiger partial charge in [-0.15, -0.1) is 12.4 Å². The third kappa shape index (κ3) is 4.71. The summed E-state index contributed by atoms with van der Waals surface area (Å²) in [5.41, 5.74) is 5.59. The molecule has 96 valence electrons. The lowest BCUT2D eigenvalue weighted by molar-refractivity contribution is -0.135. The number of rotatable bonds is 4. The fourth-order valence-electron chi connectivity index (χ4n) is 2.29. The van der Waals surface area contributed by atoms with E-state index in [-0.39, 0.29) is 12.4 Å². The van der Waals surface area contributed by atoms with Gasteiger partial charge in [0.1, 0.15) is 0 Å². The number of hydrogen-bond donors (Lipinski definition) is 1. The maximum atomic E-state index is 12.0. The summed E-state index contributed by atoms with van der Waals surface area (Å²) in [6.45, 7) is 5.83. The van der Waals surface area contributed by atoms with Gasteiger partial charge in [-0.2, -0.15) is 0 Å². The molecule has 1 aliphatic heterocycles. The first kappa shape index (κ1) is 15.7. The van der Waals surface area contributed by atoms with Crippen LogP contribution in [-0.2, 0) is 4.79 Å². The van der Waals surface area contributed by atoms with Gasteiger partial charge < -0.3 is 10.6 Å². The number of piperidine rings is 1. The Kier molecular flexibility index (Phi) is 7.77. The van der Waals surface area contributed by atoms with Gasteiger partial charge in [0.2, 0.25) is 5.91 Å². The van der Waals surface area contributed by atoms with Gasteiger partial charge in [-0.1, -0.05) is 13.8 Å². The summed E-state index contributed by atoms with van der Waals surface area (Å²) in [7, 11) is 0. The van der Waals surface area contributed by atoms with E-state index in [9.17, 15) is 4.79 Å². The second-order valence-corrected chi connectivity index (χ2v) is 4.91.